The highest BCUT2D eigenvalue weighted by atomic mass is 16.2. The first-order valence-corrected chi connectivity index (χ1v) is 9.55. The fourth-order valence-electron chi connectivity index (χ4n) is 6.44. The van der Waals surface area contributed by atoms with Crippen molar-refractivity contribution in [3.05, 3.63) is 12.7 Å². The zero-order chi connectivity index (χ0) is 16.1. The van der Waals surface area contributed by atoms with Gasteiger partial charge in [-0.05, 0) is 56.3 Å². The van der Waals surface area contributed by atoms with Crippen molar-refractivity contribution < 1.29 is 4.79 Å². The minimum absolute atomic E-state index is 0.172. The zero-order valence-electron chi connectivity index (χ0n) is 14.3. The van der Waals surface area contributed by atoms with Gasteiger partial charge in [0.1, 0.15) is 19.2 Å². The molecule has 5 aliphatic rings. The molecular weight excluding hydrogens is 302 g/mol. The number of hydrogen-bond acceptors (Lipinski definition) is 4. The summed E-state index contributed by atoms with van der Waals surface area (Å²) in [7, 11) is 0. The fraction of sp³-hybridized carbons (Fsp3) is 0.833. The lowest BCUT2D eigenvalue weighted by atomic mass is 9.52. The van der Waals surface area contributed by atoms with Crippen molar-refractivity contribution in [2.24, 2.45) is 17.8 Å². The second-order valence-corrected chi connectivity index (χ2v) is 8.60. The predicted octanol–water partition coefficient (Wildman–Crippen LogP) is 1.39. The van der Waals surface area contributed by atoms with Gasteiger partial charge >= 0.3 is 0 Å². The van der Waals surface area contributed by atoms with E-state index in [1.54, 1.807) is 11.0 Å². The smallest absolute Gasteiger partial charge is 0.244 e. The fourth-order valence-corrected chi connectivity index (χ4v) is 6.44. The molecule has 0 N–H and O–H groups in total. The number of hydrogen-bond donors (Lipinski definition) is 0. The van der Waals surface area contributed by atoms with Gasteiger partial charge in [0, 0.05) is 31.7 Å². The van der Waals surface area contributed by atoms with Crippen molar-refractivity contribution in [1.82, 2.24) is 24.6 Å². The lowest BCUT2D eigenvalue weighted by molar-refractivity contribution is -0.139. The molecule has 130 valence electrons. The normalized spacial score (nSPS) is 38.7. The van der Waals surface area contributed by atoms with Crippen molar-refractivity contribution in [3.63, 3.8) is 0 Å². The van der Waals surface area contributed by atoms with E-state index in [-0.39, 0.29) is 5.91 Å². The summed E-state index contributed by atoms with van der Waals surface area (Å²) in [5.41, 5.74) is 0.482. The maximum atomic E-state index is 12.4. The van der Waals surface area contributed by atoms with Gasteiger partial charge in [-0.15, -0.1) is 0 Å². The molecular formula is C18H27N5O. The summed E-state index contributed by atoms with van der Waals surface area (Å²) in [4.78, 5) is 21.1. The molecule has 1 saturated heterocycles. The molecule has 24 heavy (non-hydrogen) atoms. The van der Waals surface area contributed by atoms with Gasteiger partial charge in [-0.3, -0.25) is 9.69 Å². The molecule has 5 fully saturated rings. The highest BCUT2D eigenvalue weighted by Crippen LogP contribution is 2.57. The van der Waals surface area contributed by atoms with E-state index in [0.717, 1.165) is 43.9 Å². The Labute approximate surface area is 143 Å². The second kappa shape index (κ2) is 5.55. The Kier molecular flexibility index (Phi) is 3.44. The van der Waals surface area contributed by atoms with Crippen LogP contribution in [-0.2, 0) is 11.3 Å². The highest BCUT2D eigenvalue weighted by Gasteiger charge is 2.53. The summed E-state index contributed by atoms with van der Waals surface area (Å²) < 4.78 is 1.62. The van der Waals surface area contributed by atoms with Crippen molar-refractivity contribution in [2.45, 2.75) is 50.6 Å². The van der Waals surface area contributed by atoms with E-state index in [0.29, 0.717) is 12.1 Å². The number of aromatic nitrogens is 3. The molecule has 0 atom stereocenters. The topological polar surface area (TPSA) is 54.3 Å². The zero-order valence-corrected chi connectivity index (χ0v) is 14.3. The van der Waals surface area contributed by atoms with E-state index < -0.39 is 0 Å². The van der Waals surface area contributed by atoms with Crippen LogP contribution in [0.15, 0.2) is 12.7 Å². The quantitative estimate of drug-likeness (QED) is 0.841. The molecule has 4 aliphatic carbocycles. The van der Waals surface area contributed by atoms with Crippen LogP contribution in [0.25, 0.3) is 0 Å². The molecule has 0 unspecified atom stereocenters. The van der Waals surface area contributed by atoms with Crippen LogP contribution < -0.4 is 0 Å². The van der Waals surface area contributed by atoms with Crippen LogP contribution in [0.2, 0.25) is 0 Å². The Hall–Kier alpha value is -1.43. The Morgan fingerprint density at radius 3 is 2.17 bits per heavy atom. The summed E-state index contributed by atoms with van der Waals surface area (Å²) in [5.74, 6) is 3.14. The minimum atomic E-state index is 0.172. The molecule has 4 bridgehead atoms. The molecule has 6 heteroatoms. The summed E-state index contributed by atoms with van der Waals surface area (Å²) >= 11 is 0. The molecule has 1 aromatic heterocycles. The highest BCUT2D eigenvalue weighted by molar-refractivity contribution is 5.76. The lowest BCUT2D eigenvalue weighted by Crippen LogP contribution is -2.64. The largest absolute Gasteiger partial charge is 0.339 e. The SMILES string of the molecule is O=C(Cn1cncn1)N1CCN(C23CC4CC(CC(C4)C2)C3)CC1. The Balaban J connectivity index is 1.22. The molecule has 4 saturated carbocycles. The van der Waals surface area contributed by atoms with Gasteiger partial charge < -0.3 is 4.90 Å². The van der Waals surface area contributed by atoms with E-state index in [4.69, 9.17) is 0 Å². The van der Waals surface area contributed by atoms with Crippen LogP contribution in [0.5, 0.6) is 0 Å². The standard InChI is InChI=1S/C18H27N5O/c24-17(11-23-13-19-12-20-23)21-1-3-22(4-2-21)18-8-14-5-15(9-18)7-16(6-14)10-18/h12-16H,1-11H2. The average Bonchev–Trinajstić information content (AvgIpc) is 3.07. The van der Waals surface area contributed by atoms with Gasteiger partial charge in [0.05, 0.1) is 0 Å². The molecule has 2 heterocycles. The van der Waals surface area contributed by atoms with E-state index in [1.165, 1.54) is 44.9 Å². The third-order valence-electron chi connectivity index (χ3n) is 7.07. The van der Waals surface area contributed by atoms with Crippen LogP contribution >= 0.6 is 0 Å². The van der Waals surface area contributed by atoms with Crippen LogP contribution in [0.3, 0.4) is 0 Å². The van der Waals surface area contributed by atoms with Crippen LogP contribution in [0.4, 0.5) is 0 Å². The van der Waals surface area contributed by atoms with Crippen molar-refractivity contribution in [3.8, 4) is 0 Å². The van der Waals surface area contributed by atoms with E-state index in [1.807, 2.05) is 4.90 Å². The Morgan fingerprint density at radius 1 is 1.00 bits per heavy atom. The first-order valence-electron chi connectivity index (χ1n) is 9.55. The van der Waals surface area contributed by atoms with E-state index in [9.17, 15) is 4.79 Å². The minimum Gasteiger partial charge on any atom is -0.339 e. The number of carbonyl (C=O) groups excluding carboxylic acids is 1. The third kappa shape index (κ3) is 2.46. The molecule has 6 rings (SSSR count). The number of piperazine rings is 1. The summed E-state index contributed by atoms with van der Waals surface area (Å²) in [5, 5.41) is 4.04. The molecule has 0 spiro atoms. The maximum absolute atomic E-state index is 12.4. The molecule has 6 nitrogen and oxygen atoms in total. The average molecular weight is 329 g/mol. The first-order chi connectivity index (χ1) is 11.7. The molecule has 1 aliphatic heterocycles. The van der Waals surface area contributed by atoms with Crippen molar-refractivity contribution in [2.75, 3.05) is 26.2 Å². The van der Waals surface area contributed by atoms with E-state index >= 15 is 0 Å². The van der Waals surface area contributed by atoms with Gasteiger partial charge in [-0.25, -0.2) is 9.67 Å². The van der Waals surface area contributed by atoms with Crippen molar-refractivity contribution in [1.29, 1.82) is 0 Å². The molecule has 1 aromatic rings. The molecule has 0 radical (unpaired) electrons. The summed E-state index contributed by atoms with van der Waals surface area (Å²) in [6, 6.07) is 0. The van der Waals surface area contributed by atoms with Gasteiger partial charge in [0.15, 0.2) is 0 Å². The van der Waals surface area contributed by atoms with Crippen LogP contribution in [0, 0.1) is 17.8 Å². The Morgan fingerprint density at radius 2 is 1.62 bits per heavy atom. The third-order valence-corrected chi connectivity index (χ3v) is 7.07. The monoisotopic (exact) mass is 329 g/mol. The molecule has 1 amide bonds. The van der Waals surface area contributed by atoms with Crippen molar-refractivity contribution >= 4 is 5.91 Å². The lowest BCUT2D eigenvalue weighted by Gasteiger charge is -2.61. The first kappa shape index (κ1) is 14.9. The van der Waals surface area contributed by atoms with Gasteiger partial charge in [0.2, 0.25) is 5.91 Å². The van der Waals surface area contributed by atoms with Crippen LogP contribution in [0.1, 0.15) is 38.5 Å². The number of rotatable bonds is 3. The second-order valence-electron chi connectivity index (χ2n) is 8.60. The van der Waals surface area contributed by atoms with E-state index in [2.05, 4.69) is 15.0 Å². The number of amides is 1. The number of carbonyl (C=O) groups is 1. The van der Waals surface area contributed by atoms with Crippen LogP contribution in [-0.4, -0.2) is 62.2 Å². The van der Waals surface area contributed by atoms with Gasteiger partial charge in [-0.1, -0.05) is 0 Å². The predicted molar refractivity (Wildman–Crippen MR) is 89.1 cm³/mol. The van der Waals surface area contributed by atoms with Gasteiger partial charge in [0.25, 0.3) is 0 Å². The molecule has 0 aromatic carbocycles. The maximum Gasteiger partial charge on any atom is 0.244 e. The van der Waals surface area contributed by atoms with Gasteiger partial charge in [-0.2, -0.15) is 5.10 Å². The Bertz CT molecular complexity index is 570. The summed E-state index contributed by atoms with van der Waals surface area (Å²) in [6.07, 6.45) is 11.9. The number of nitrogens with zero attached hydrogens (tertiary/aromatic N) is 5. The summed E-state index contributed by atoms with van der Waals surface area (Å²) in [6.45, 7) is 4.16.